The van der Waals surface area contributed by atoms with Gasteiger partial charge in [0.05, 0.1) is 5.56 Å². The van der Waals surface area contributed by atoms with Gasteiger partial charge >= 0.3 is 12.2 Å². The van der Waals surface area contributed by atoms with Crippen molar-refractivity contribution < 1.29 is 29.0 Å². The summed E-state index contributed by atoms with van der Waals surface area (Å²) in [5.74, 6) is -0.448. The zero-order chi connectivity index (χ0) is 26.2. The van der Waals surface area contributed by atoms with Crippen LogP contribution in [0, 0.1) is 0 Å². The number of thiophene rings is 1. The summed E-state index contributed by atoms with van der Waals surface area (Å²) in [5.41, 5.74) is 0.173. The molecule has 1 atom stereocenters. The predicted molar refractivity (Wildman–Crippen MR) is 138 cm³/mol. The van der Waals surface area contributed by atoms with E-state index in [1.54, 1.807) is 17.9 Å². The molecule has 0 aliphatic carbocycles. The topological polar surface area (TPSA) is 119 Å². The van der Waals surface area contributed by atoms with Crippen LogP contribution in [0.2, 0.25) is 0 Å². The summed E-state index contributed by atoms with van der Waals surface area (Å²) in [6.07, 6.45) is 0.959. The fourth-order valence-corrected chi connectivity index (χ4v) is 6.63. The minimum absolute atomic E-state index is 0.169. The van der Waals surface area contributed by atoms with E-state index in [-0.39, 0.29) is 17.9 Å². The number of benzene rings is 1. The minimum atomic E-state index is -1.21. The third-order valence-electron chi connectivity index (χ3n) is 7.45. The number of imide groups is 1. The lowest BCUT2D eigenvalue weighted by molar-refractivity contribution is -0.142. The Labute approximate surface area is 218 Å². The molecular formula is C26H30N4O6S. The average Bonchev–Trinajstić information content (AvgIpc) is 3.41. The third-order valence-corrected chi connectivity index (χ3v) is 8.55. The molecule has 5 rings (SSSR count). The summed E-state index contributed by atoms with van der Waals surface area (Å²) in [7, 11) is 0. The maximum absolute atomic E-state index is 13.5. The van der Waals surface area contributed by atoms with Crippen molar-refractivity contribution in [2.24, 2.45) is 0 Å². The van der Waals surface area contributed by atoms with E-state index in [4.69, 9.17) is 4.74 Å². The highest BCUT2D eigenvalue weighted by Crippen LogP contribution is 2.38. The van der Waals surface area contributed by atoms with Crippen LogP contribution in [0.15, 0.2) is 36.4 Å². The number of anilines is 1. The smallest absolute Gasteiger partial charge is 0.417 e. The lowest BCUT2D eigenvalue weighted by Gasteiger charge is -2.44. The first kappa shape index (κ1) is 25.2. The van der Waals surface area contributed by atoms with Gasteiger partial charge in [-0.2, -0.15) is 0 Å². The van der Waals surface area contributed by atoms with Gasteiger partial charge in [0.2, 0.25) is 5.60 Å². The standard InChI is InChI=1S/C26H30N4O6S/c1-2-30-23(32)26(36-25(30)35)11-6-12-29(16-26)18-9-13-28(14-10-18)22(31)19-15-20(17-7-4-3-5-8-17)37-21(19)27-24(33)34/h3-5,7-8,15,18,27H,2,6,9-14,16H2,1H3,(H,33,34). The summed E-state index contributed by atoms with van der Waals surface area (Å²) in [6, 6.07) is 11.5. The van der Waals surface area contributed by atoms with Crippen LogP contribution in [-0.4, -0.2) is 88.2 Å². The number of carbonyl (C=O) groups is 4. The largest absolute Gasteiger partial charge is 0.465 e. The molecule has 1 aromatic heterocycles. The Bertz CT molecular complexity index is 1210. The molecule has 1 aromatic carbocycles. The van der Waals surface area contributed by atoms with Crippen LogP contribution < -0.4 is 5.32 Å². The number of hydrogen-bond donors (Lipinski definition) is 2. The lowest BCUT2D eigenvalue weighted by atomic mass is 9.89. The van der Waals surface area contributed by atoms with Gasteiger partial charge in [-0.1, -0.05) is 30.3 Å². The molecule has 3 saturated heterocycles. The molecule has 1 unspecified atom stereocenters. The summed E-state index contributed by atoms with van der Waals surface area (Å²) in [5, 5.41) is 12.0. The van der Waals surface area contributed by atoms with Gasteiger partial charge in [0.1, 0.15) is 5.00 Å². The Morgan fingerprint density at radius 1 is 1.16 bits per heavy atom. The average molecular weight is 527 g/mol. The Morgan fingerprint density at radius 2 is 1.89 bits per heavy atom. The maximum atomic E-state index is 13.5. The fraction of sp³-hybridized carbons (Fsp3) is 0.462. The zero-order valence-electron chi connectivity index (χ0n) is 20.6. The molecule has 37 heavy (non-hydrogen) atoms. The molecule has 196 valence electrons. The number of nitrogens with zero attached hydrogens (tertiary/aromatic N) is 3. The molecule has 0 radical (unpaired) electrons. The van der Waals surface area contributed by atoms with Crippen LogP contribution in [0.3, 0.4) is 0 Å². The van der Waals surface area contributed by atoms with Crippen LogP contribution in [0.4, 0.5) is 14.6 Å². The number of rotatable bonds is 5. The molecule has 1 spiro atoms. The summed E-state index contributed by atoms with van der Waals surface area (Å²) in [6.45, 7) is 4.29. The van der Waals surface area contributed by atoms with Gasteiger partial charge in [-0.15, -0.1) is 11.3 Å². The molecule has 4 heterocycles. The highest BCUT2D eigenvalue weighted by atomic mass is 32.1. The van der Waals surface area contributed by atoms with Crippen LogP contribution in [0.1, 0.15) is 43.0 Å². The van der Waals surface area contributed by atoms with E-state index >= 15 is 0 Å². The fourth-order valence-electron chi connectivity index (χ4n) is 5.58. The van der Waals surface area contributed by atoms with Gasteiger partial charge in [0, 0.05) is 37.1 Å². The SMILES string of the molecule is CCN1C(=O)OC2(CCCN(C3CCN(C(=O)c4cc(-c5ccccc5)sc4NC(=O)O)CC3)C2)C1=O. The van der Waals surface area contributed by atoms with Gasteiger partial charge in [-0.3, -0.25) is 19.8 Å². The number of ether oxygens (including phenoxy) is 1. The first-order valence-corrected chi connectivity index (χ1v) is 13.4. The minimum Gasteiger partial charge on any atom is -0.465 e. The van der Waals surface area contributed by atoms with E-state index in [1.807, 2.05) is 30.3 Å². The number of piperidine rings is 2. The van der Waals surface area contributed by atoms with Crippen LogP contribution in [0.5, 0.6) is 0 Å². The molecule has 2 N–H and O–H groups in total. The van der Waals surface area contributed by atoms with Crippen molar-refractivity contribution >= 4 is 40.3 Å². The van der Waals surface area contributed by atoms with Crippen molar-refractivity contribution in [1.29, 1.82) is 0 Å². The molecule has 3 aliphatic rings. The van der Waals surface area contributed by atoms with Crippen molar-refractivity contribution in [3.05, 3.63) is 42.0 Å². The van der Waals surface area contributed by atoms with Gasteiger partial charge in [-0.25, -0.2) is 14.5 Å². The lowest BCUT2D eigenvalue weighted by Crippen LogP contribution is -2.57. The number of carbonyl (C=O) groups excluding carboxylic acids is 3. The van der Waals surface area contributed by atoms with E-state index in [9.17, 15) is 24.3 Å². The second kappa shape index (κ2) is 10.1. The Kier molecular flexibility index (Phi) is 6.91. The predicted octanol–water partition coefficient (Wildman–Crippen LogP) is 3.94. The van der Waals surface area contributed by atoms with E-state index in [0.717, 1.165) is 36.2 Å². The maximum Gasteiger partial charge on any atom is 0.417 e. The molecule has 0 bridgehead atoms. The zero-order valence-corrected chi connectivity index (χ0v) is 21.5. The quantitative estimate of drug-likeness (QED) is 0.606. The monoisotopic (exact) mass is 526 g/mol. The van der Waals surface area contributed by atoms with E-state index < -0.39 is 17.8 Å². The molecule has 3 fully saturated rings. The Balaban J connectivity index is 1.26. The van der Waals surface area contributed by atoms with E-state index in [0.29, 0.717) is 43.2 Å². The first-order chi connectivity index (χ1) is 17.8. The normalized spacial score (nSPS) is 22.9. The van der Waals surface area contributed by atoms with Gasteiger partial charge < -0.3 is 14.7 Å². The molecule has 10 nitrogen and oxygen atoms in total. The molecule has 2 aromatic rings. The van der Waals surface area contributed by atoms with Crippen molar-refractivity contribution in [1.82, 2.24) is 14.7 Å². The van der Waals surface area contributed by atoms with Gasteiger partial charge in [-0.05, 0) is 50.8 Å². The van der Waals surface area contributed by atoms with E-state index in [2.05, 4.69) is 10.2 Å². The summed E-state index contributed by atoms with van der Waals surface area (Å²) < 4.78 is 5.60. The summed E-state index contributed by atoms with van der Waals surface area (Å²) >= 11 is 1.24. The summed E-state index contributed by atoms with van der Waals surface area (Å²) in [4.78, 5) is 55.9. The molecule has 4 amide bonds. The highest BCUT2D eigenvalue weighted by molar-refractivity contribution is 7.20. The molecular weight excluding hydrogens is 496 g/mol. The van der Waals surface area contributed by atoms with Gasteiger partial charge in [0.25, 0.3) is 11.8 Å². The highest BCUT2D eigenvalue weighted by Gasteiger charge is 2.55. The van der Waals surface area contributed by atoms with Crippen LogP contribution >= 0.6 is 11.3 Å². The van der Waals surface area contributed by atoms with Crippen molar-refractivity contribution in [3.8, 4) is 10.4 Å². The number of carboxylic acid groups (broad SMARTS) is 1. The van der Waals surface area contributed by atoms with Crippen molar-refractivity contribution in [2.75, 3.05) is 38.0 Å². The van der Waals surface area contributed by atoms with Crippen molar-refractivity contribution in [3.63, 3.8) is 0 Å². The molecule has 11 heteroatoms. The Morgan fingerprint density at radius 3 is 2.54 bits per heavy atom. The van der Waals surface area contributed by atoms with Gasteiger partial charge in [0.15, 0.2) is 0 Å². The third kappa shape index (κ3) is 4.80. The second-order valence-electron chi connectivity index (χ2n) is 9.66. The number of likely N-dealkylation sites (N-methyl/N-ethyl adjacent to an activating group) is 1. The number of hydrogen-bond acceptors (Lipinski definition) is 7. The number of nitrogens with one attached hydrogen (secondary N) is 1. The molecule has 0 saturated carbocycles. The van der Waals surface area contributed by atoms with Crippen molar-refractivity contribution in [2.45, 2.75) is 44.2 Å². The van der Waals surface area contributed by atoms with Crippen LogP contribution in [-0.2, 0) is 9.53 Å². The van der Waals surface area contributed by atoms with E-state index in [1.165, 1.54) is 16.2 Å². The van der Waals surface area contributed by atoms with Crippen LogP contribution in [0.25, 0.3) is 10.4 Å². The number of likely N-dealkylation sites (tertiary alicyclic amines) is 2. The first-order valence-electron chi connectivity index (χ1n) is 12.6. The Hall–Kier alpha value is -3.44. The molecule has 3 aliphatic heterocycles. The number of amides is 4. The second-order valence-corrected chi connectivity index (χ2v) is 10.7.